The molecular weight excluding hydrogens is 701 g/mol. The Labute approximate surface area is 313 Å². The lowest BCUT2D eigenvalue weighted by atomic mass is 9.64. The number of rotatable bonds is 12. The molecule has 0 saturated heterocycles. The fourth-order valence-corrected chi connectivity index (χ4v) is 8.36. The lowest BCUT2D eigenvalue weighted by Crippen LogP contribution is -2.31. The van der Waals surface area contributed by atoms with Crippen molar-refractivity contribution >= 4 is 32.4 Å². The van der Waals surface area contributed by atoms with Gasteiger partial charge < -0.3 is 8.37 Å². The number of benzene rings is 6. The summed E-state index contributed by atoms with van der Waals surface area (Å²) in [4.78, 5) is 0.120. The smallest absolute Gasteiger partial charge is 0.339 e. The van der Waals surface area contributed by atoms with Gasteiger partial charge in [0.1, 0.15) is 21.3 Å². The van der Waals surface area contributed by atoms with Crippen LogP contribution in [0.5, 0.6) is 11.5 Å². The zero-order chi connectivity index (χ0) is 37.6. The fourth-order valence-electron chi connectivity index (χ4n) is 6.45. The van der Waals surface area contributed by atoms with E-state index in [9.17, 15) is 16.8 Å². The number of hydrogen-bond acceptors (Lipinski definition) is 6. The molecule has 0 saturated carbocycles. The first-order valence-corrected chi connectivity index (χ1v) is 20.0. The highest BCUT2D eigenvalue weighted by Crippen LogP contribution is 2.47. The summed E-state index contributed by atoms with van der Waals surface area (Å²) < 4.78 is 65.4. The van der Waals surface area contributed by atoms with Gasteiger partial charge >= 0.3 is 20.2 Å². The van der Waals surface area contributed by atoms with Gasteiger partial charge in [0.15, 0.2) is 0 Å². The van der Waals surface area contributed by atoms with E-state index in [2.05, 4.69) is 24.3 Å². The van der Waals surface area contributed by atoms with Crippen LogP contribution in [0.4, 0.5) is 0 Å². The minimum absolute atomic E-state index is 0.0599. The van der Waals surface area contributed by atoms with E-state index in [-0.39, 0.29) is 21.3 Å². The van der Waals surface area contributed by atoms with Gasteiger partial charge in [-0.25, -0.2) is 0 Å². The van der Waals surface area contributed by atoms with Crippen LogP contribution < -0.4 is 8.37 Å². The summed E-state index contributed by atoms with van der Waals surface area (Å²) in [6, 6.07) is 44.1. The molecule has 0 spiro atoms. The molecule has 0 heterocycles. The van der Waals surface area contributed by atoms with Gasteiger partial charge in [-0.2, -0.15) is 16.8 Å². The average Bonchev–Trinajstić information content (AvgIpc) is 3.15. The third kappa shape index (κ3) is 7.75. The average molecular weight is 741 g/mol. The van der Waals surface area contributed by atoms with Crippen LogP contribution in [0.25, 0.3) is 12.2 Å². The number of allylic oxidation sites excluding steroid dienone is 2. The Hall–Kier alpha value is -5.70. The first kappa shape index (κ1) is 37.1. The summed E-state index contributed by atoms with van der Waals surface area (Å²) in [7, 11) is -8.27. The zero-order valence-corrected chi connectivity index (χ0v) is 31.6. The molecule has 6 nitrogen and oxygen atoms in total. The van der Waals surface area contributed by atoms with Crippen LogP contribution in [0.1, 0.15) is 58.4 Å². The summed E-state index contributed by atoms with van der Waals surface area (Å²) in [5, 5.41) is 0. The third-order valence-electron chi connectivity index (χ3n) is 9.01. The molecule has 0 aliphatic carbocycles. The molecule has 0 fully saturated rings. The first-order chi connectivity index (χ1) is 25.5. The number of hydrogen-bond donors (Lipinski definition) is 0. The van der Waals surface area contributed by atoms with Crippen molar-refractivity contribution in [1.29, 1.82) is 0 Å². The van der Waals surface area contributed by atoms with Crippen LogP contribution in [-0.4, -0.2) is 16.8 Å². The molecule has 0 radical (unpaired) electrons. The van der Waals surface area contributed by atoms with E-state index in [1.165, 1.54) is 24.3 Å². The van der Waals surface area contributed by atoms with E-state index in [1.54, 1.807) is 36.4 Å². The lowest BCUT2D eigenvalue weighted by Gasteiger charge is -2.37. The van der Waals surface area contributed by atoms with Gasteiger partial charge in [-0.05, 0) is 98.5 Å². The van der Waals surface area contributed by atoms with Crippen molar-refractivity contribution in [2.45, 2.75) is 42.9 Å². The van der Waals surface area contributed by atoms with E-state index in [0.29, 0.717) is 11.1 Å². The molecule has 6 aromatic carbocycles. The highest BCUT2D eigenvalue weighted by atomic mass is 32.2. The predicted molar refractivity (Wildman–Crippen MR) is 212 cm³/mol. The monoisotopic (exact) mass is 740 g/mol. The molecule has 268 valence electrons. The van der Waals surface area contributed by atoms with E-state index < -0.39 is 25.7 Å². The molecule has 0 bridgehead atoms. The van der Waals surface area contributed by atoms with Gasteiger partial charge in [-0.15, -0.1) is 0 Å². The van der Waals surface area contributed by atoms with Crippen LogP contribution in [0, 0.1) is 13.8 Å². The van der Waals surface area contributed by atoms with Gasteiger partial charge in [-0.3, -0.25) is 0 Å². The minimum Gasteiger partial charge on any atom is -0.378 e. The van der Waals surface area contributed by atoms with Crippen molar-refractivity contribution in [3.05, 3.63) is 202 Å². The largest absolute Gasteiger partial charge is 0.378 e. The van der Waals surface area contributed by atoms with Gasteiger partial charge in [0.25, 0.3) is 0 Å². The summed E-state index contributed by atoms with van der Waals surface area (Å²) in [6.07, 6.45) is 7.31. The molecule has 0 amide bonds. The molecule has 0 aliphatic rings. The van der Waals surface area contributed by atoms with Crippen LogP contribution in [0.2, 0.25) is 0 Å². The van der Waals surface area contributed by atoms with Crippen molar-refractivity contribution in [1.82, 2.24) is 0 Å². The highest BCUT2D eigenvalue weighted by Gasteiger charge is 2.39. The van der Waals surface area contributed by atoms with Gasteiger partial charge in [-0.1, -0.05) is 132 Å². The second-order valence-electron chi connectivity index (χ2n) is 12.7. The maximum absolute atomic E-state index is 13.4. The van der Waals surface area contributed by atoms with Crippen molar-refractivity contribution in [3.8, 4) is 11.5 Å². The molecule has 0 aromatic heterocycles. The summed E-state index contributed by atoms with van der Waals surface area (Å²) in [6.45, 7) is 7.50. The van der Waals surface area contributed by atoms with E-state index in [4.69, 9.17) is 8.37 Å². The van der Waals surface area contributed by atoms with E-state index in [1.807, 2.05) is 113 Å². The Morgan fingerprint density at radius 2 is 0.811 bits per heavy atom. The molecule has 0 unspecified atom stereocenters. The Morgan fingerprint density at radius 1 is 0.453 bits per heavy atom. The SMILES string of the molecule is CC=Cc1cc(C(c2ccccc2)(c2ccccc2)c2ccc(OS(=O)(=O)c3ccc(C)cc3)c(C=CC)c2)ccc1OS(=O)(=O)c1ccc(C)cc1. The molecule has 8 heteroatoms. The Balaban J connectivity index is 1.57. The minimum atomic E-state index is -4.13. The molecular formula is C45H40O6S2. The topological polar surface area (TPSA) is 86.7 Å². The predicted octanol–water partition coefficient (Wildman–Crippen LogP) is 10.3. The highest BCUT2D eigenvalue weighted by molar-refractivity contribution is 7.87. The van der Waals surface area contributed by atoms with Crippen molar-refractivity contribution in [2.24, 2.45) is 0 Å². The van der Waals surface area contributed by atoms with Crippen molar-refractivity contribution in [3.63, 3.8) is 0 Å². The quantitative estimate of drug-likeness (QED) is 0.0917. The van der Waals surface area contributed by atoms with Crippen molar-refractivity contribution < 1.29 is 25.2 Å². The molecule has 53 heavy (non-hydrogen) atoms. The summed E-state index contributed by atoms with van der Waals surface area (Å²) in [5.41, 5.74) is 5.57. The molecule has 0 atom stereocenters. The molecule has 6 aromatic rings. The first-order valence-electron chi connectivity index (χ1n) is 17.2. The maximum atomic E-state index is 13.4. The Bertz CT molecular complexity index is 2310. The van der Waals surface area contributed by atoms with Gasteiger partial charge in [0, 0.05) is 11.1 Å². The van der Waals surface area contributed by atoms with Crippen LogP contribution >= 0.6 is 0 Å². The third-order valence-corrected chi connectivity index (χ3v) is 11.5. The van der Waals surface area contributed by atoms with Gasteiger partial charge in [0.2, 0.25) is 0 Å². The zero-order valence-electron chi connectivity index (χ0n) is 29.9. The van der Waals surface area contributed by atoms with Crippen molar-refractivity contribution in [2.75, 3.05) is 0 Å². The van der Waals surface area contributed by atoms with Gasteiger partial charge in [0.05, 0.1) is 5.41 Å². The normalized spacial score (nSPS) is 12.3. The summed E-state index contributed by atoms with van der Waals surface area (Å²) >= 11 is 0. The van der Waals surface area contributed by atoms with Crippen LogP contribution in [0.3, 0.4) is 0 Å². The summed E-state index contributed by atoms with van der Waals surface area (Å²) in [5.74, 6) is 0.365. The Kier molecular flexibility index (Phi) is 10.8. The number of aryl methyl sites for hydroxylation is 2. The molecule has 6 rings (SSSR count). The van der Waals surface area contributed by atoms with Crippen LogP contribution in [-0.2, 0) is 25.7 Å². The second-order valence-corrected chi connectivity index (χ2v) is 15.8. The van der Waals surface area contributed by atoms with E-state index >= 15 is 0 Å². The lowest BCUT2D eigenvalue weighted by molar-refractivity contribution is 0.483. The standard InChI is InChI=1S/C45H40O6S2/c1-5-13-35-31-39(23-29-43(35)50-52(46,47)41-25-19-33(3)20-26-41)45(37-15-9-7-10-16-37,38-17-11-8-12-18-38)40-24-30-44(36(32-40)14-6-2)51-53(48,49)42-27-21-34(4)22-28-42/h5-32H,1-4H3. The second kappa shape index (κ2) is 15.5. The molecule has 0 N–H and O–H groups in total. The van der Waals surface area contributed by atoms with E-state index in [0.717, 1.165) is 33.4 Å². The maximum Gasteiger partial charge on any atom is 0.339 e. The Morgan fingerprint density at radius 3 is 1.15 bits per heavy atom. The molecule has 0 aliphatic heterocycles. The fraction of sp³-hybridized carbons (Fsp3) is 0.111. The van der Waals surface area contributed by atoms with Crippen LogP contribution in [0.15, 0.2) is 168 Å².